The van der Waals surface area contributed by atoms with Gasteiger partial charge < -0.3 is 9.84 Å². The number of benzene rings is 1. The molecule has 1 rings (SSSR count). The Labute approximate surface area is 80.3 Å². The Morgan fingerprint density at radius 1 is 1.50 bits per heavy atom. The van der Waals surface area contributed by atoms with E-state index in [0.29, 0.717) is 5.33 Å². The first-order chi connectivity index (χ1) is 5.79. The van der Waals surface area contributed by atoms with Gasteiger partial charge in [-0.2, -0.15) is 0 Å². The fourth-order valence-electron chi connectivity index (χ4n) is 1.02. The van der Waals surface area contributed by atoms with E-state index in [2.05, 4.69) is 15.9 Å². The van der Waals surface area contributed by atoms with Crippen molar-refractivity contribution in [1.29, 1.82) is 0 Å². The second-order valence-corrected chi connectivity index (χ2v) is 3.06. The molecule has 0 aromatic heterocycles. The van der Waals surface area contributed by atoms with Gasteiger partial charge in [0.25, 0.3) is 0 Å². The maximum Gasteiger partial charge on any atom is 0.124 e. The second kappa shape index (κ2) is 4.48. The number of hydrogen-bond donors (Lipinski definition) is 1. The Morgan fingerprint density at radius 2 is 2.17 bits per heavy atom. The number of methoxy groups -OCH3 is 1. The van der Waals surface area contributed by atoms with Crippen LogP contribution in [-0.4, -0.2) is 17.5 Å². The minimum Gasteiger partial charge on any atom is -0.496 e. The normalized spacial score (nSPS) is 12.6. The topological polar surface area (TPSA) is 29.5 Å². The van der Waals surface area contributed by atoms with Crippen LogP contribution in [0.15, 0.2) is 24.3 Å². The zero-order valence-electron chi connectivity index (χ0n) is 6.83. The zero-order valence-corrected chi connectivity index (χ0v) is 8.41. The van der Waals surface area contributed by atoms with Gasteiger partial charge in [-0.1, -0.05) is 34.1 Å². The number of aliphatic hydroxyl groups excluding tert-OH is 1. The molecule has 0 aliphatic rings. The summed E-state index contributed by atoms with van der Waals surface area (Å²) in [5.74, 6) is 0.726. The summed E-state index contributed by atoms with van der Waals surface area (Å²) in [5, 5.41) is 10.0. The van der Waals surface area contributed by atoms with E-state index < -0.39 is 6.10 Å². The number of para-hydroxylation sites is 1. The Hall–Kier alpha value is -0.540. The summed E-state index contributed by atoms with van der Waals surface area (Å²) in [6, 6.07) is 7.44. The molecule has 0 amide bonds. The van der Waals surface area contributed by atoms with E-state index in [9.17, 15) is 5.11 Å². The molecule has 0 aliphatic heterocycles. The van der Waals surface area contributed by atoms with Gasteiger partial charge in [0.2, 0.25) is 0 Å². The van der Waals surface area contributed by atoms with Crippen molar-refractivity contribution in [1.82, 2.24) is 0 Å². The highest BCUT2D eigenvalue weighted by Crippen LogP contribution is 2.25. The van der Waals surface area contributed by atoms with Gasteiger partial charge in [-0.05, 0) is 6.07 Å². The lowest BCUT2D eigenvalue weighted by Crippen LogP contribution is -2.00. The Kier molecular flexibility index (Phi) is 3.56. The summed E-state index contributed by atoms with van der Waals surface area (Å²) in [4.78, 5) is 0. The van der Waals surface area contributed by atoms with Gasteiger partial charge in [-0.15, -0.1) is 0 Å². The molecule has 0 saturated carbocycles. The summed E-state index contributed by atoms with van der Waals surface area (Å²) >= 11 is 3.21. The second-order valence-electron chi connectivity index (χ2n) is 2.41. The summed E-state index contributed by atoms with van der Waals surface area (Å²) in [7, 11) is 1.60. The number of alkyl halides is 1. The minimum atomic E-state index is -0.499. The van der Waals surface area contributed by atoms with Crippen LogP contribution in [0, 0.1) is 0 Å². The third-order valence-electron chi connectivity index (χ3n) is 1.64. The highest BCUT2D eigenvalue weighted by Gasteiger charge is 2.09. The largest absolute Gasteiger partial charge is 0.496 e. The lowest BCUT2D eigenvalue weighted by molar-refractivity contribution is 0.200. The van der Waals surface area contributed by atoms with Gasteiger partial charge in [-0.25, -0.2) is 0 Å². The van der Waals surface area contributed by atoms with Crippen molar-refractivity contribution >= 4 is 15.9 Å². The van der Waals surface area contributed by atoms with E-state index in [4.69, 9.17) is 4.74 Å². The lowest BCUT2D eigenvalue weighted by atomic mass is 10.1. The van der Waals surface area contributed by atoms with Crippen LogP contribution in [0.2, 0.25) is 0 Å². The third kappa shape index (κ3) is 1.99. The Bertz CT molecular complexity index is 250. The van der Waals surface area contributed by atoms with E-state index in [1.54, 1.807) is 7.11 Å². The van der Waals surface area contributed by atoms with Gasteiger partial charge in [0.1, 0.15) is 5.75 Å². The van der Waals surface area contributed by atoms with Crippen molar-refractivity contribution in [3.8, 4) is 5.75 Å². The van der Waals surface area contributed by atoms with Crippen LogP contribution in [0.3, 0.4) is 0 Å². The van der Waals surface area contributed by atoms with Crippen molar-refractivity contribution in [2.75, 3.05) is 12.4 Å². The standard InChI is InChI=1S/C9H11BrO2/c1-12-9-5-3-2-4-7(9)8(11)6-10/h2-5,8,11H,6H2,1H3/t8-/m0/s1. The van der Waals surface area contributed by atoms with E-state index in [-0.39, 0.29) is 0 Å². The molecule has 0 heterocycles. The van der Waals surface area contributed by atoms with E-state index >= 15 is 0 Å². The van der Waals surface area contributed by atoms with E-state index in [1.807, 2.05) is 24.3 Å². The molecular weight excluding hydrogens is 220 g/mol. The first-order valence-corrected chi connectivity index (χ1v) is 4.78. The quantitative estimate of drug-likeness (QED) is 0.807. The molecule has 66 valence electrons. The lowest BCUT2D eigenvalue weighted by Gasteiger charge is -2.11. The molecule has 0 bridgehead atoms. The van der Waals surface area contributed by atoms with Crippen molar-refractivity contribution in [2.24, 2.45) is 0 Å². The van der Waals surface area contributed by atoms with Crippen molar-refractivity contribution in [2.45, 2.75) is 6.10 Å². The fourth-order valence-corrected chi connectivity index (χ4v) is 1.37. The Morgan fingerprint density at radius 3 is 2.75 bits per heavy atom. The smallest absolute Gasteiger partial charge is 0.124 e. The number of halogens is 1. The van der Waals surface area contributed by atoms with Crippen molar-refractivity contribution < 1.29 is 9.84 Å². The number of rotatable bonds is 3. The van der Waals surface area contributed by atoms with Gasteiger partial charge in [-0.3, -0.25) is 0 Å². The molecule has 2 nitrogen and oxygen atoms in total. The summed E-state index contributed by atoms with van der Waals surface area (Å²) in [6.45, 7) is 0. The van der Waals surface area contributed by atoms with Crippen molar-refractivity contribution in [3.63, 3.8) is 0 Å². The molecule has 0 unspecified atom stereocenters. The van der Waals surface area contributed by atoms with Crippen LogP contribution < -0.4 is 4.74 Å². The monoisotopic (exact) mass is 230 g/mol. The predicted molar refractivity (Wildman–Crippen MR) is 51.7 cm³/mol. The average Bonchev–Trinajstić information content (AvgIpc) is 2.16. The first-order valence-electron chi connectivity index (χ1n) is 3.66. The van der Waals surface area contributed by atoms with Crippen LogP contribution in [0.1, 0.15) is 11.7 Å². The average molecular weight is 231 g/mol. The van der Waals surface area contributed by atoms with Gasteiger partial charge in [0, 0.05) is 10.9 Å². The SMILES string of the molecule is COc1ccccc1[C@@H](O)CBr. The molecule has 3 heteroatoms. The first kappa shape index (κ1) is 9.55. The van der Waals surface area contributed by atoms with Crippen LogP contribution >= 0.6 is 15.9 Å². The predicted octanol–water partition coefficient (Wildman–Crippen LogP) is 2.12. The van der Waals surface area contributed by atoms with Crippen LogP contribution in [0.4, 0.5) is 0 Å². The van der Waals surface area contributed by atoms with E-state index in [1.165, 1.54) is 0 Å². The van der Waals surface area contributed by atoms with E-state index in [0.717, 1.165) is 11.3 Å². The van der Waals surface area contributed by atoms with Crippen molar-refractivity contribution in [3.05, 3.63) is 29.8 Å². The summed E-state index contributed by atoms with van der Waals surface area (Å²) < 4.78 is 5.09. The van der Waals surface area contributed by atoms with Crippen LogP contribution in [0.25, 0.3) is 0 Å². The molecular formula is C9H11BrO2. The zero-order chi connectivity index (χ0) is 8.97. The summed E-state index contributed by atoms with van der Waals surface area (Å²) in [6.07, 6.45) is -0.499. The maximum absolute atomic E-state index is 9.51. The van der Waals surface area contributed by atoms with Gasteiger partial charge in [0.15, 0.2) is 0 Å². The maximum atomic E-state index is 9.51. The highest BCUT2D eigenvalue weighted by atomic mass is 79.9. The molecule has 0 aliphatic carbocycles. The highest BCUT2D eigenvalue weighted by molar-refractivity contribution is 9.09. The molecule has 1 atom stereocenters. The molecule has 1 aromatic rings. The molecule has 0 saturated heterocycles. The van der Waals surface area contributed by atoms with Crippen LogP contribution in [0.5, 0.6) is 5.75 Å². The number of aliphatic hydroxyl groups is 1. The molecule has 0 spiro atoms. The van der Waals surface area contributed by atoms with Gasteiger partial charge in [0.05, 0.1) is 13.2 Å². The molecule has 0 fully saturated rings. The fraction of sp³-hybridized carbons (Fsp3) is 0.333. The number of ether oxygens (including phenoxy) is 1. The molecule has 1 aromatic carbocycles. The molecule has 1 N–H and O–H groups in total. The summed E-state index contributed by atoms with van der Waals surface area (Å²) in [5.41, 5.74) is 0.817. The molecule has 12 heavy (non-hydrogen) atoms. The number of hydrogen-bond acceptors (Lipinski definition) is 2. The minimum absolute atomic E-state index is 0.499. The van der Waals surface area contributed by atoms with Crippen LogP contribution in [-0.2, 0) is 0 Å². The molecule has 0 radical (unpaired) electrons. The third-order valence-corrected chi connectivity index (χ3v) is 2.26. The Balaban J connectivity index is 2.96. The van der Waals surface area contributed by atoms with Gasteiger partial charge >= 0.3 is 0 Å².